The number of carbonyl (C=O) groups excluding carboxylic acids is 1. The zero-order chi connectivity index (χ0) is 15.4. The number of hydrogen-bond donors (Lipinski definition) is 1. The third-order valence-corrected chi connectivity index (χ3v) is 3.58. The number of oxime groups is 1. The average molecular weight is 347 g/mol. The molecule has 2 rings (SSSR count). The first-order chi connectivity index (χ1) is 9.97. The smallest absolute Gasteiger partial charge is 0.365 e. The van der Waals surface area contributed by atoms with E-state index in [9.17, 15) is 4.79 Å². The van der Waals surface area contributed by atoms with Crippen molar-refractivity contribution in [1.29, 1.82) is 0 Å². The van der Waals surface area contributed by atoms with Crippen LogP contribution in [0.5, 0.6) is 0 Å². The van der Waals surface area contributed by atoms with Crippen molar-refractivity contribution < 1.29 is 9.63 Å². The second-order valence-corrected chi connectivity index (χ2v) is 5.58. The van der Waals surface area contributed by atoms with E-state index in [-0.39, 0.29) is 5.84 Å². The number of carbonyl (C=O) groups is 1. The molecule has 0 saturated carbocycles. The highest BCUT2D eigenvalue weighted by molar-refractivity contribution is 9.10. The van der Waals surface area contributed by atoms with E-state index in [4.69, 9.17) is 10.6 Å². The molecular formula is C16H15BrN2O2. The minimum Gasteiger partial charge on any atom is -0.380 e. The van der Waals surface area contributed by atoms with Gasteiger partial charge in [-0.2, -0.15) is 0 Å². The standard InChI is InChI=1S/C16H15BrN2O2/c1-10-6-7-13(8-11(10)2)16(20)21-19-15(18)12-4-3-5-14(17)9-12/h3-9H,1-2H3,(H2,18,19). The molecular weight excluding hydrogens is 332 g/mol. The molecule has 0 spiro atoms. The van der Waals surface area contributed by atoms with E-state index >= 15 is 0 Å². The van der Waals surface area contributed by atoms with Crippen LogP contribution in [0.2, 0.25) is 0 Å². The zero-order valence-electron chi connectivity index (χ0n) is 11.8. The third kappa shape index (κ3) is 3.92. The lowest BCUT2D eigenvalue weighted by Crippen LogP contribution is -2.15. The molecule has 0 heterocycles. The van der Waals surface area contributed by atoms with Gasteiger partial charge in [0.15, 0.2) is 5.84 Å². The third-order valence-electron chi connectivity index (χ3n) is 3.09. The van der Waals surface area contributed by atoms with Gasteiger partial charge in [-0.05, 0) is 49.2 Å². The van der Waals surface area contributed by atoms with Crippen molar-refractivity contribution in [3.63, 3.8) is 0 Å². The van der Waals surface area contributed by atoms with Crippen molar-refractivity contribution in [3.05, 3.63) is 69.2 Å². The van der Waals surface area contributed by atoms with E-state index in [0.717, 1.165) is 15.6 Å². The molecule has 0 unspecified atom stereocenters. The average Bonchev–Trinajstić information content (AvgIpc) is 2.47. The van der Waals surface area contributed by atoms with Gasteiger partial charge in [0.25, 0.3) is 0 Å². The lowest BCUT2D eigenvalue weighted by Gasteiger charge is -2.04. The van der Waals surface area contributed by atoms with Gasteiger partial charge < -0.3 is 10.6 Å². The van der Waals surface area contributed by atoms with Crippen LogP contribution < -0.4 is 5.73 Å². The van der Waals surface area contributed by atoms with E-state index < -0.39 is 5.97 Å². The van der Waals surface area contributed by atoms with Crippen LogP contribution in [0.3, 0.4) is 0 Å². The number of hydrogen-bond acceptors (Lipinski definition) is 3. The van der Waals surface area contributed by atoms with Crippen LogP contribution in [-0.2, 0) is 4.84 Å². The number of amidine groups is 1. The van der Waals surface area contributed by atoms with E-state index in [1.165, 1.54) is 0 Å². The Hall–Kier alpha value is -2.14. The summed E-state index contributed by atoms with van der Waals surface area (Å²) in [5.74, 6) is -0.385. The summed E-state index contributed by atoms with van der Waals surface area (Å²) in [5.41, 5.74) is 9.06. The number of rotatable bonds is 3. The van der Waals surface area contributed by atoms with Gasteiger partial charge in [0.05, 0.1) is 5.56 Å². The van der Waals surface area contributed by atoms with Crippen LogP contribution in [0, 0.1) is 13.8 Å². The van der Waals surface area contributed by atoms with Gasteiger partial charge in [0.2, 0.25) is 0 Å². The highest BCUT2D eigenvalue weighted by Crippen LogP contribution is 2.13. The normalized spacial score (nSPS) is 11.3. The van der Waals surface area contributed by atoms with Crippen LogP contribution in [0.15, 0.2) is 52.1 Å². The van der Waals surface area contributed by atoms with E-state index in [1.54, 1.807) is 24.3 Å². The van der Waals surface area contributed by atoms with Crippen LogP contribution in [-0.4, -0.2) is 11.8 Å². The number of benzene rings is 2. The molecule has 2 aromatic rings. The van der Waals surface area contributed by atoms with Crippen LogP contribution in [0.25, 0.3) is 0 Å². The highest BCUT2D eigenvalue weighted by atomic mass is 79.9. The summed E-state index contributed by atoms with van der Waals surface area (Å²) >= 11 is 3.34. The molecule has 2 aromatic carbocycles. The Morgan fingerprint density at radius 1 is 1.10 bits per heavy atom. The van der Waals surface area contributed by atoms with Crippen LogP contribution in [0.4, 0.5) is 0 Å². The van der Waals surface area contributed by atoms with E-state index in [0.29, 0.717) is 11.1 Å². The first-order valence-corrected chi connectivity index (χ1v) is 7.14. The second-order valence-electron chi connectivity index (χ2n) is 4.66. The maximum atomic E-state index is 11.9. The first-order valence-electron chi connectivity index (χ1n) is 6.35. The molecule has 5 heteroatoms. The molecule has 108 valence electrons. The van der Waals surface area contributed by atoms with Crippen molar-refractivity contribution in [2.45, 2.75) is 13.8 Å². The van der Waals surface area contributed by atoms with Crippen LogP contribution in [0.1, 0.15) is 27.0 Å². The van der Waals surface area contributed by atoms with E-state index in [1.807, 2.05) is 32.0 Å². The number of nitrogens with two attached hydrogens (primary N) is 1. The molecule has 0 aliphatic carbocycles. The molecule has 4 nitrogen and oxygen atoms in total. The quantitative estimate of drug-likeness (QED) is 0.400. The number of nitrogens with zero attached hydrogens (tertiary/aromatic N) is 1. The van der Waals surface area contributed by atoms with Crippen molar-refractivity contribution in [2.24, 2.45) is 10.9 Å². The molecule has 0 fully saturated rings. The molecule has 0 radical (unpaired) electrons. The Morgan fingerprint density at radius 2 is 1.86 bits per heavy atom. The number of halogens is 1. The molecule has 2 N–H and O–H groups in total. The van der Waals surface area contributed by atoms with E-state index in [2.05, 4.69) is 21.1 Å². The van der Waals surface area contributed by atoms with Gasteiger partial charge in [-0.15, -0.1) is 0 Å². The summed E-state index contributed by atoms with van der Waals surface area (Å²) in [5, 5.41) is 3.69. The van der Waals surface area contributed by atoms with Crippen molar-refractivity contribution >= 4 is 27.7 Å². The van der Waals surface area contributed by atoms with Gasteiger partial charge in [0, 0.05) is 10.0 Å². The maximum absolute atomic E-state index is 11.9. The summed E-state index contributed by atoms with van der Waals surface area (Å²) < 4.78 is 0.874. The molecule has 0 bridgehead atoms. The lowest BCUT2D eigenvalue weighted by molar-refractivity contribution is 0.0516. The van der Waals surface area contributed by atoms with Gasteiger partial charge in [0.1, 0.15) is 0 Å². The van der Waals surface area contributed by atoms with Gasteiger partial charge in [-0.25, -0.2) is 4.79 Å². The van der Waals surface area contributed by atoms with Crippen molar-refractivity contribution in [1.82, 2.24) is 0 Å². The summed E-state index contributed by atoms with van der Waals surface area (Å²) in [4.78, 5) is 16.8. The summed E-state index contributed by atoms with van der Waals surface area (Å²) in [6, 6.07) is 12.6. The first kappa shape index (κ1) is 15.3. The Labute approximate surface area is 131 Å². The SMILES string of the molecule is Cc1ccc(C(=O)ON=C(N)c2cccc(Br)c2)cc1C. The topological polar surface area (TPSA) is 64.7 Å². The zero-order valence-corrected chi connectivity index (χ0v) is 13.3. The van der Waals surface area contributed by atoms with Crippen LogP contribution >= 0.6 is 15.9 Å². The second kappa shape index (κ2) is 6.54. The highest BCUT2D eigenvalue weighted by Gasteiger charge is 2.09. The molecule has 21 heavy (non-hydrogen) atoms. The lowest BCUT2D eigenvalue weighted by atomic mass is 10.1. The fraction of sp³-hybridized carbons (Fsp3) is 0.125. The molecule has 0 aliphatic rings. The molecule has 0 aromatic heterocycles. The van der Waals surface area contributed by atoms with Gasteiger partial charge >= 0.3 is 5.97 Å². The van der Waals surface area contributed by atoms with Gasteiger partial charge in [-0.3, -0.25) is 0 Å². The van der Waals surface area contributed by atoms with Crippen molar-refractivity contribution in [2.75, 3.05) is 0 Å². The molecule has 0 aliphatic heterocycles. The molecule has 0 saturated heterocycles. The monoisotopic (exact) mass is 346 g/mol. The Balaban J connectivity index is 2.12. The minimum absolute atomic E-state index is 0.147. The fourth-order valence-corrected chi connectivity index (χ4v) is 2.11. The summed E-state index contributed by atoms with van der Waals surface area (Å²) in [7, 11) is 0. The predicted molar refractivity (Wildman–Crippen MR) is 86.2 cm³/mol. The Morgan fingerprint density at radius 3 is 2.52 bits per heavy atom. The molecule has 0 atom stereocenters. The summed E-state index contributed by atoms with van der Waals surface area (Å²) in [6.45, 7) is 3.92. The van der Waals surface area contributed by atoms with Crippen molar-refractivity contribution in [3.8, 4) is 0 Å². The molecule has 0 amide bonds. The Bertz CT molecular complexity index is 711. The maximum Gasteiger partial charge on any atom is 0.365 e. The number of aryl methyl sites for hydroxylation is 2. The Kier molecular flexibility index (Phi) is 4.75. The minimum atomic E-state index is -0.531. The summed E-state index contributed by atoms with van der Waals surface area (Å²) in [6.07, 6.45) is 0. The largest absolute Gasteiger partial charge is 0.380 e. The van der Waals surface area contributed by atoms with Gasteiger partial charge in [-0.1, -0.05) is 39.3 Å². The predicted octanol–water partition coefficient (Wildman–Crippen LogP) is 3.54. The fourth-order valence-electron chi connectivity index (χ4n) is 1.71.